The number of hydrogen-bond acceptors (Lipinski definition) is 7. The van der Waals surface area contributed by atoms with Crippen LogP contribution >= 0.6 is 22.9 Å². The number of Topliss-reactive ketones (excluding diaryl/α,β-unsaturated/α-hetero) is 1. The molecule has 3 amide bonds. The van der Waals surface area contributed by atoms with E-state index in [0.29, 0.717) is 15.6 Å². The van der Waals surface area contributed by atoms with E-state index in [-0.39, 0.29) is 38.8 Å². The van der Waals surface area contributed by atoms with Gasteiger partial charge < -0.3 is 20.7 Å². The number of aromatic nitrogens is 1. The van der Waals surface area contributed by atoms with Crippen molar-refractivity contribution in [3.8, 4) is 0 Å². The van der Waals surface area contributed by atoms with Gasteiger partial charge in [-0.15, -0.1) is 11.3 Å². The molecule has 1 saturated carbocycles. The number of nitrogens with one attached hydrogen (secondary N) is 3. The number of rotatable bonds is 12. The van der Waals surface area contributed by atoms with Gasteiger partial charge in [0.2, 0.25) is 23.5 Å². The third-order valence-corrected chi connectivity index (χ3v) is 7.06. The molecule has 38 heavy (non-hydrogen) atoms. The van der Waals surface area contributed by atoms with Crippen LogP contribution in [0.15, 0.2) is 35.8 Å². The number of halogens is 3. The van der Waals surface area contributed by atoms with Crippen LogP contribution < -0.4 is 16.0 Å². The first-order valence-corrected chi connectivity index (χ1v) is 13.3. The van der Waals surface area contributed by atoms with Gasteiger partial charge in [0.25, 0.3) is 5.91 Å². The van der Waals surface area contributed by atoms with Crippen LogP contribution in [0, 0.1) is 5.92 Å². The van der Waals surface area contributed by atoms with E-state index in [4.69, 9.17) is 16.3 Å². The van der Waals surface area contributed by atoms with Crippen molar-refractivity contribution in [2.24, 2.45) is 5.92 Å². The molecule has 0 bridgehead atoms. The molecule has 3 N–H and O–H groups in total. The molecule has 9 nitrogen and oxygen atoms in total. The normalized spacial score (nSPS) is 18.2. The summed E-state index contributed by atoms with van der Waals surface area (Å²) in [4.78, 5) is 55.6. The van der Waals surface area contributed by atoms with Crippen molar-refractivity contribution in [3.05, 3.63) is 51.4 Å². The van der Waals surface area contributed by atoms with Crippen molar-refractivity contribution in [2.45, 2.75) is 56.7 Å². The second-order valence-electron chi connectivity index (χ2n) is 9.03. The first-order chi connectivity index (χ1) is 18.1. The van der Waals surface area contributed by atoms with Crippen molar-refractivity contribution in [1.29, 1.82) is 0 Å². The summed E-state index contributed by atoms with van der Waals surface area (Å²) >= 11 is 7.35. The van der Waals surface area contributed by atoms with Crippen LogP contribution in [0.25, 0.3) is 0 Å². The first kappa shape index (κ1) is 29.6. The summed E-state index contributed by atoms with van der Waals surface area (Å²) in [6.07, 6.45) is 1.09. The van der Waals surface area contributed by atoms with Gasteiger partial charge in [0.15, 0.2) is 0 Å². The molecule has 0 saturated heterocycles. The Bertz CT molecular complexity index is 1130. The van der Waals surface area contributed by atoms with E-state index >= 15 is 0 Å². The summed E-state index contributed by atoms with van der Waals surface area (Å²) in [6.45, 7) is -0.233. The Kier molecular flexibility index (Phi) is 10.7. The SMILES string of the molecule is COC[C@@H](NC(=O)C1CCCC(F)(F)C1)C(=O)N[C@H](Cc1cccc(Cl)c1)C(=O)C(=O)NCc1nccs1. The van der Waals surface area contributed by atoms with E-state index < -0.39 is 53.8 Å². The Morgan fingerprint density at radius 1 is 1.24 bits per heavy atom. The molecule has 3 atom stereocenters. The molecular weight excluding hydrogens is 542 g/mol. The molecular formula is C25H29ClF2N4O5S. The lowest BCUT2D eigenvalue weighted by Crippen LogP contribution is -2.56. The van der Waals surface area contributed by atoms with Gasteiger partial charge in [-0.1, -0.05) is 23.7 Å². The fourth-order valence-corrected chi connectivity index (χ4v) is 4.93. The van der Waals surface area contributed by atoms with Crippen molar-refractivity contribution in [1.82, 2.24) is 20.9 Å². The summed E-state index contributed by atoms with van der Waals surface area (Å²) in [5.74, 6) is -7.23. The van der Waals surface area contributed by atoms with Crippen LogP contribution in [-0.4, -0.2) is 60.2 Å². The minimum atomic E-state index is -2.94. The summed E-state index contributed by atoms with van der Waals surface area (Å²) < 4.78 is 32.7. The van der Waals surface area contributed by atoms with Gasteiger partial charge in [0.05, 0.1) is 13.2 Å². The minimum absolute atomic E-state index is 0.0362. The second kappa shape index (κ2) is 13.7. The van der Waals surface area contributed by atoms with Gasteiger partial charge >= 0.3 is 0 Å². The molecule has 206 valence electrons. The van der Waals surface area contributed by atoms with Crippen molar-refractivity contribution >= 4 is 46.4 Å². The van der Waals surface area contributed by atoms with E-state index in [1.165, 1.54) is 18.4 Å². The topological polar surface area (TPSA) is 126 Å². The van der Waals surface area contributed by atoms with Gasteiger partial charge in [0.1, 0.15) is 17.1 Å². The first-order valence-electron chi connectivity index (χ1n) is 12.0. The van der Waals surface area contributed by atoms with Gasteiger partial charge in [-0.2, -0.15) is 0 Å². The number of amides is 3. The van der Waals surface area contributed by atoms with Gasteiger partial charge in [0, 0.05) is 48.9 Å². The summed E-state index contributed by atoms with van der Waals surface area (Å²) in [7, 11) is 1.31. The molecule has 1 aliphatic carbocycles. The predicted molar refractivity (Wildman–Crippen MR) is 137 cm³/mol. The Hall–Kier alpha value is -2.96. The highest BCUT2D eigenvalue weighted by Gasteiger charge is 2.40. The van der Waals surface area contributed by atoms with E-state index in [9.17, 15) is 28.0 Å². The Morgan fingerprint density at radius 3 is 2.68 bits per heavy atom. The maximum absolute atomic E-state index is 13.8. The highest BCUT2D eigenvalue weighted by atomic mass is 35.5. The molecule has 1 heterocycles. The van der Waals surface area contributed by atoms with E-state index in [1.54, 1.807) is 35.8 Å². The molecule has 1 aromatic carbocycles. The number of benzene rings is 1. The fraction of sp³-hybridized carbons (Fsp3) is 0.480. The second-order valence-corrected chi connectivity index (χ2v) is 10.4. The van der Waals surface area contributed by atoms with Crippen molar-refractivity contribution < 1.29 is 32.7 Å². The molecule has 1 aliphatic rings. The fourth-order valence-electron chi connectivity index (χ4n) is 4.16. The van der Waals surface area contributed by atoms with Gasteiger partial charge in [-0.3, -0.25) is 19.2 Å². The monoisotopic (exact) mass is 570 g/mol. The average molecular weight is 571 g/mol. The Morgan fingerprint density at radius 2 is 2.03 bits per heavy atom. The van der Waals surface area contributed by atoms with Crippen LogP contribution in [0.2, 0.25) is 5.02 Å². The van der Waals surface area contributed by atoms with Crippen LogP contribution in [0.4, 0.5) is 8.78 Å². The zero-order valence-electron chi connectivity index (χ0n) is 20.7. The molecule has 0 aliphatic heterocycles. The van der Waals surface area contributed by atoms with Crippen LogP contribution in [0.1, 0.15) is 36.3 Å². The zero-order valence-corrected chi connectivity index (χ0v) is 22.2. The smallest absolute Gasteiger partial charge is 0.289 e. The van der Waals surface area contributed by atoms with Crippen LogP contribution in [0.5, 0.6) is 0 Å². The van der Waals surface area contributed by atoms with Crippen LogP contribution in [0.3, 0.4) is 0 Å². The average Bonchev–Trinajstić information content (AvgIpc) is 3.39. The van der Waals surface area contributed by atoms with Gasteiger partial charge in [-0.05, 0) is 30.5 Å². The lowest BCUT2D eigenvalue weighted by Gasteiger charge is -2.29. The van der Waals surface area contributed by atoms with E-state index in [0.717, 1.165) is 0 Å². The lowest BCUT2D eigenvalue weighted by molar-refractivity contribution is -0.141. The number of methoxy groups -OCH3 is 1. The molecule has 3 rings (SSSR count). The standard InChI is InChI=1S/C25H29ClF2N4O5S/c1-37-14-19(32-22(34)16-5-3-7-25(27,28)12-16)23(35)31-18(11-15-4-2-6-17(26)10-15)21(33)24(36)30-13-20-29-8-9-38-20/h2,4,6,8-10,16,18-19H,3,5,7,11-14H2,1H3,(H,30,36)(H,31,35)(H,32,34)/t16?,18-,19-/m1/s1. The third kappa shape index (κ3) is 8.81. The predicted octanol–water partition coefficient (Wildman–Crippen LogP) is 2.67. The summed E-state index contributed by atoms with van der Waals surface area (Å²) in [5.41, 5.74) is 0.584. The number of alkyl halides is 2. The molecule has 1 fully saturated rings. The zero-order chi connectivity index (χ0) is 27.7. The molecule has 1 aromatic heterocycles. The maximum atomic E-state index is 13.8. The number of hydrogen-bond donors (Lipinski definition) is 3. The lowest BCUT2D eigenvalue weighted by atomic mass is 9.86. The Balaban J connectivity index is 1.72. The minimum Gasteiger partial charge on any atom is -0.382 e. The molecule has 2 aromatic rings. The highest BCUT2D eigenvalue weighted by molar-refractivity contribution is 7.09. The molecule has 0 radical (unpaired) electrons. The van der Waals surface area contributed by atoms with Crippen LogP contribution in [-0.2, 0) is 36.9 Å². The molecule has 1 unspecified atom stereocenters. The summed E-state index contributed by atoms with van der Waals surface area (Å²) in [5, 5.41) is 10.2. The summed E-state index contributed by atoms with van der Waals surface area (Å²) in [6, 6.07) is 4.02. The van der Waals surface area contributed by atoms with Crippen molar-refractivity contribution in [3.63, 3.8) is 0 Å². The quantitative estimate of drug-likeness (QED) is 0.337. The van der Waals surface area contributed by atoms with Gasteiger partial charge in [-0.25, -0.2) is 13.8 Å². The van der Waals surface area contributed by atoms with E-state index in [2.05, 4.69) is 20.9 Å². The number of nitrogens with zero attached hydrogens (tertiary/aromatic N) is 1. The Labute approximate surface area is 227 Å². The van der Waals surface area contributed by atoms with E-state index in [1.807, 2.05) is 0 Å². The number of carbonyl (C=O) groups is 4. The maximum Gasteiger partial charge on any atom is 0.289 e. The third-order valence-electron chi connectivity index (χ3n) is 6.05. The number of thiazole rings is 1. The molecule has 0 spiro atoms. The van der Waals surface area contributed by atoms with Crippen molar-refractivity contribution in [2.75, 3.05) is 13.7 Å². The number of carbonyl (C=O) groups excluding carboxylic acids is 4. The number of ether oxygens (including phenoxy) is 1. The molecule has 13 heteroatoms. The largest absolute Gasteiger partial charge is 0.382 e. The number of ketones is 1. The highest BCUT2D eigenvalue weighted by Crippen LogP contribution is 2.36.